The van der Waals surface area contributed by atoms with Crippen molar-refractivity contribution in [1.29, 1.82) is 0 Å². The number of fused-ring (bicyclic) bond motifs is 1. The summed E-state index contributed by atoms with van der Waals surface area (Å²) in [7, 11) is 0. The van der Waals surface area contributed by atoms with E-state index in [1.54, 1.807) is 12.1 Å². The van der Waals surface area contributed by atoms with Crippen molar-refractivity contribution in [2.45, 2.75) is 38.4 Å². The fourth-order valence-electron chi connectivity index (χ4n) is 3.18. The normalized spacial score (nSPS) is 17.9. The van der Waals surface area contributed by atoms with Crippen molar-refractivity contribution in [3.05, 3.63) is 53.6 Å². The highest BCUT2D eigenvalue weighted by atomic mass is 16.6. The Balaban J connectivity index is 1.58. The summed E-state index contributed by atoms with van der Waals surface area (Å²) in [6, 6.07) is 12.5. The number of aliphatic hydroxyl groups is 1. The maximum Gasteiger partial charge on any atom is 0.377 e. The van der Waals surface area contributed by atoms with E-state index in [9.17, 15) is 14.7 Å². The third kappa shape index (κ3) is 4.68. The van der Waals surface area contributed by atoms with Crippen LogP contribution in [0.1, 0.15) is 42.1 Å². The van der Waals surface area contributed by atoms with E-state index in [2.05, 4.69) is 13.0 Å². The van der Waals surface area contributed by atoms with Crippen molar-refractivity contribution in [3.8, 4) is 17.2 Å². The van der Waals surface area contributed by atoms with Crippen molar-refractivity contribution in [1.82, 2.24) is 0 Å². The topological polar surface area (TPSA) is 102 Å². The lowest BCUT2D eigenvalue weighted by molar-refractivity contribution is -0.194. The van der Waals surface area contributed by atoms with Crippen LogP contribution in [0, 0.1) is 0 Å². The summed E-state index contributed by atoms with van der Waals surface area (Å²) in [6.07, 6.45) is 1.91. The molecule has 2 N–H and O–H groups in total. The molecule has 1 aliphatic rings. The molecule has 7 heteroatoms. The number of ether oxygens (including phenoxy) is 3. The molecule has 7 nitrogen and oxygen atoms in total. The molecule has 1 aliphatic heterocycles. The number of ketones is 1. The number of benzene rings is 2. The predicted molar refractivity (Wildman–Crippen MR) is 105 cm³/mol. The van der Waals surface area contributed by atoms with Crippen molar-refractivity contribution in [3.63, 3.8) is 0 Å². The minimum atomic E-state index is -2.55. The zero-order valence-corrected chi connectivity index (χ0v) is 16.2. The van der Waals surface area contributed by atoms with Gasteiger partial charge in [0.15, 0.2) is 5.78 Å². The third-order valence-electron chi connectivity index (χ3n) is 4.58. The summed E-state index contributed by atoms with van der Waals surface area (Å²) in [5.41, 5.74) is 1.31. The molecule has 0 radical (unpaired) electrons. The van der Waals surface area contributed by atoms with Crippen molar-refractivity contribution in [2.75, 3.05) is 13.2 Å². The van der Waals surface area contributed by atoms with Gasteiger partial charge in [-0.05, 0) is 30.2 Å². The van der Waals surface area contributed by atoms with Gasteiger partial charge in [-0.25, -0.2) is 4.79 Å². The lowest BCUT2D eigenvalue weighted by Gasteiger charge is -2.30. The number of rotatable bonds is 9. The average Bonchev–Trinajstić information content (AvgIpc) is 2.68. The number of para-hydroxylation sites is 1. The van der Waals surface area contributed by atoms with Gasteiger partial charge >= 0.3 is 11.8 Å². The van der Waals surface area contributed by atoms with Gasteiger partial charge in [0.05, 0.1) is 19.6 Å². The Labute approximate surface area is 168 Å². The molecule has 3 rings (SSSR count). The molecule has 0 saturated heterocycles. The molecule has 0 aromatic heterocycles. The fraction of sp³-hybridized carbons (Fsp3) is 0.364. The SMILES string of the molecule is CCCc1ccccc1OCCCOc1cccc2c1C(=O)CC(O)(C(=O)O)O2. The number of aryl methyl sites for hydroxylation is 1. The molecule has 2 aromatic carbocycles. The summed E-state index contributed by atoms with van der Waals surface area (Å²) in [6.45, 7) is 2.88. The first-order valence-corrected chi connectivity index (χ1v) is 9.59. The Bertz CT molecular complexity index is 892. The van der Waals surface area contributed by atoms with Crippen LogP contribution in [0.2, 0.25) is 0 Å². The van der Waals surface area contributed by atoms with Crippen molar-refractivity contribution >= 4 is 11.8 Å². The molecule has 1 atom stereocenters. The van der Waals surface area contributed by atoms with E-state index in [0.29, 0.717) is 25.4 Å². The van der Waals surface area contributed by atoms with E-state index in [0.717, 1.165) is 18.6 Å². The van der Waals surface area contributed by atoms with Crippen LogP contribution in [0.15, 0.2) is 42.5 Å². The molecular weight excluding hydrogens is 376 g/mol. The number of hydrogen-bond acceptors (Lipinski definition) is 6. The quantitative estimate of drug-likeness (QED) is 0.623. The second kappa shape index (κ2) is 8.96. The number of hydrogen-bond donors (Lipinski definition) is 2. The zero-order chi connectivity index (χ0) is 20.9. The number of Topliss-reactive ketones (excluding diaryl/α,β-unsaturated/α-hetero) is 1. The minimum Gasteiger partial charge on any atom is -0.493 e. The number of carbonyl (C=O) groups is 2. The number of aliphatic carboxylic acids is 1. The molecule has 1 heterocycles. The number of carboxylic acid groups (broad SMARTS) is 1. The first-order chi connectivity index (χ1) is 13.9. The summed E-state index contributed by atoms with van der Waals surface area (Å²) < 4.78 is 16.7. The Kier molecular flexibility index (Phi) is 6.39. The summed E-state index contributed by atoms with van der Waals surface area (Å²) >= 11 is 0. The summed E-state index contributed by atoms with van der Waals surface area (Å²) in [5, 5.41) is 19.1. The first-order valence-electron chi connectivity index (χ1n) is 9.59. The van der Waals surface area contributed by atoms with Gasteiger partial charge in [-0.3, -0.25) is 4.79 Å². The second-order valence-corrected chi connectivity index (χ2v) is 6.83. The van der Waals surface area contributed by atoms with Gasteiger partial charge in [-0.15, -0.1) is 0 Å². The predicted octanol–water partition coefficient (Wildman–Crippen LogP) is 3.23. The van der Waals surface area contributed by atoms with Crippen molar-refractivity contribution < 1.29 is 34.0 Å². The molecule has 0 fully saturated rings. The van der Waals surface area contributed by atoms with Crippen LogP contribution >= 0.6 is 0 Å². The molecule has 0 saturated carbocycles. The molecule has 0 amide bonds. The standard InChI is InChI=1S/C22H24O7/c1-2-7-15-8-3-4-9-17(15)27-12-6-13-28-18-10-5-11-19-20(18)16(23)14-22(26,29-19)21(24)25/h3-5,8-11,26H,2,6-7,12-14H2,1H3,(H,24,25). The van der Waals surface area contributed by atoms with Gasteiger partial charge in [0.25, 0.3) is 0 Å². The minimum absolute atomic E-state index is 0.00612. The Morgan fingerprint density at radius 1 is 1.10 bits per heavy atom. The summed E-state index contributed by atoms with van der Waals surface area (Å²) in [5.74, 6) is -3.55. The van der Waals surface area contributed by atoms with E-state index in [-0.39, 0.29) is 11.3 Å². The van der Waals surface area contributed by atoms with Crippen LogP contribution in [0.3, 0.4) is 0 Å². The van der Waals surface area contributed by atoms with Crippen LogP contribution in [-0.4, -0.2) is 41.0 Å². The van der Waals surface area contributed by atoms with E-state index in [1.165, 1.54) is 11.6 Å². The Morgan fingerprint density at radius 3 is 2.52 bits per heavy atom. The summed E-state index contributed by atoms with van der Waals surface area (Å²) in [4.78, 5) is 23.6. The molecule has 0 spiro atoms. The van der Waals surface area contributed by atoms with Gasteiger partial charge in [0.1, 0.15) is 22.8 Å². The van der Waals surface area contributed by atoms with E-state index >= 15 is 0 Å². The van der Waals surface area contributed by atoms with E-state index in [1.807, 2.05) is 18.2 Å². The monoisotopic (exact) mass is 400 g/mol. The smallest absolute Gasteiger partial charge is 0.377 e. The highest BCUT2D eigenvalue weighted by Crippen LogP contribution is 2.37. The largest absolute Gasteiger partial charge is 0.493 e. The van der Waals surface area contributed by atoms with Crippen LogP contribution in [-0.2, 0) is 11.2 Å². The molecule has 0 bridgehead atoms. The lowest BCUT2D eigenvalue weighted by Crippen LogP contribution is -2.49. The first kappa shape index (κ1) is 20.7. The number of carboxylic acids is 1. The molecule has 154 valence electrons. The van der Waals surface area contributed by atoms with Gasteiger partial charge in [-0.1, -0.05) is 37.6 Å². The van der Waals surface area contributed by atoms with E-state index in [4.69, 9.17) is 19.3 Å². The second-order valence-electron chi connectivity index (χ2n) is 6.83. The molecular formula is C22H24O7. The third-order valence-corrected chi connectivity index (χ3v) is 4.58. The van der Waals surface area contributed by atoms with Gasteiger partial charge in [-0.2, -0.15) is 0 Å². The molecule has 29 heavy (non-hydrogen) atoms. The van der Waals surface area contributed by atoms with Crippen molar-refractivity contribution in [2.24, 2.45) is 0 Å². The Morgan fingerprint density at radius 2 is 1.79 bits per heavy atom. The van der Waals surface area contributed by atoms with Gasteiger partial charge in [0, 0.05) is 6.42 Å². The average molecular weight is 400 g/mol. The zero-order valence-electron chi connectivity index (χ0n) is 16.2. The van der Waals surface area contributed by atoms with Crippen LogP contribution in [0.5, 0.6) is 17.2 Å². The van der Waals surface area contributed by atoms with Gasteiger partial charge < -0.3 is 24.4 Å². The highest BCUT2D eigenvalue weighted by molar-refractivity contribution is 6.05. The van der Waals surface area contributed by atoms with Crippen LogP contribution < -0.4 is 14.2 Å². The van der Waals surface area contributed by atoms with E-state index < -0.39 is 24.0 Å². The Hall–Kier alpha value is -3.06. The number of carbonyl (C=O) groups excluding carboxylic acids is 1. The van der Waals surface area contributed by atoms with Gasteiger partial charge in [0.2, 0.25) is 0 Å². The van der Waals surface area contributed by atoms with Crippen LogP contribution in [0.4, 0.5) is 0 Å². The molecule has 1 unspecified atom stereocenters. The fourth-order valence-corrected chi connectivity index (χ4v) is 3.18. The maximum absolute atomic E-state index is 12.4. The van der Waals surface area contributed by atoms with Crippen LogP contribution in [0.25, 0.3) is 0 Å². The maximum atomic E-state index is 12.4. The molecule has 0 aliphatic carbocycles. The highest BCUT2D eigenvalue weighted by Gasteiger charge is 2.46. The molecule has 2 aromatic rings. The lowest BCUT2D eigenvalue weighted by atomic mass is 9.97.